The molecule has 1 saturated carbocycles. The fraction of sp³-hybridized carbons (Fsp3) is 0.604. The van der Waals surface area contributed by atoms with Crippen LogP contribution in [0.1, 0.15) is 95.8 Å². The molecule has 3 aromatic rings. The van der Waals surface area contributed by atoms with Gasteiger partial charge in [0.25, 0.3) is 5.92 Å². The van der Waals surface area contributed by atoms with Crippen molar-refractivity contribution in [1.29, 1.82) is 0 Å². The summed E-state index contributed by atoms with van der Waals surface area (Å²) < 4.78 is 60.4. The quantitative estimate of drug-likeness (QED) is 0.0989. The molecule has 7 unspecified atom stereocenters. The highest BCUT2D eigenvalue weighted by Gasteiger charge is 2.68. The Morgan fingerprint density at radius 1 is 1.12 bits per heavy atom. The van der Waals surface area contributed by atoms with Crippen LogP contribution in [0, 0.1) is 35.0 Å². The highest BCUT2D eigenvalue weighted by molar-refractivity contribution is 14.1. The average Bonchev–Trinajstić information content (AvgIpc) is 4.08. The second-order valence-electron chi connectivity index (χ2n) is 20.9. The number of likely N-dealkylation sites (tertiary alicyclic amines) is 2. The number of nitrogens with zero attached hydrogens (tertiary/aromatic N) is 6. The maximum absolute atomic E-state index is 17.1. The summed E-state index contributed by atoms with van der Waals surface area (Å²) in [5, 5.41) is 6.19. The molecule has 10 rings (SSSR count). The minimum Gasteiger partial charge on any atom is -0.453 e. The molecule has 2 aromatic heterocycles. The van der Waals surface area contributed by atoms with Gasteiger partial charge in [-0.2, -0.15) is 0 Å². The number of hydrogen-bond acceptors (Lipinski definition) is 10. The van der Waals surface area contributed by atoms with E-state index in [1.54, 1.807) is 23.5 Å². The van der Waals surface area contributed by atoms with Crippen LogP contribution in [0.5, 0.6) is 0 Å². The van der Waals surface area contributed by atoms with E-state index >= 15 is 13.2 Å². The second kappa shape index (κ2) is 16.6. The van der Waals surface area contributed by atoms with E-state index in [0.29, 0.717) is 43.0 Å². The standard InChI is InChI=1S/C48H60F3IN10O4/c1-26(2)39-41(59-43(63)65-6)58-42(39)60-15-7-8-30(60)20-56-62-25-55-35-14-11-28(18-37(35)62)27-9-12-31-32-13-10-29(17-34(32)48(51,52)47(49,50)33(31)16-27)36-21-54-40(57-36)38-19-46(22-53-23-46)24-61(38)44(64)66-45(3,4)5/h9-12,14,17-18,21,25-27,30-33,38-39,41,53,56H,7-8,13,15-16,19-20,22-24H2,1-6H3,(H,54,57)(H,59,63)/t27?,30?,31?,32?,33?,38-,39+,41?,48?/m0/s1. The van der Waals surface area contributed by atoms with Crippen molar-refractivity contribution in [2.75, 3.05) is 45.3 Å². The zero-order valence-electron chi connectivity index (χ0n) is 38.3. The Labute approximate surface area is 396 Å². The van der Waals surface area contributed by atoms with Crippen LogP contribution in [0.3, 0.4) is 0 Å². The van der Waals surface area contributed by atoms with Crippen molar-refractivity contribution in [3.63, 3.8) is 0 Å². The molecule has 354 valence electrons. The highest BCUT2D eigenvalue weighted by atomic mass is 127. The summed E-state index contributed by atoms with van der Waals surface area (Å²) in [7, 11) is 1.35. The molecule has 14 nitrogen and oxygen atoms in total. The number of H-pyrrole nitrogens is 1. The van der Waals surface area contributed by atoms with Crippen LogP contribution in [0.4, 0.5) is 22.8 Å². The van der Waals surface area contributed by atoms with E-state index in [4.69, 9.17) is 19.5 Å². The Hall–Kier alpha value is -4.59. The molecule has 0 radical (unpaired) electrons. The summed E-state index contributed by atoms with van der Waals surface area (Å²) in [4.78, 5) is 46.9. The molecule has 9 atom stereocenters. The number of halogens is 4. The molecule has 4 aliphatic heterocycles. The fourth-order valence-electron chi connectivity index (χ4n) is 11.7. The van der Waals surface area contributed by atoms with E-state index in [9.17, 15) is 9.59 Å². The molecule has 3 saturated heterocycles. The minimum atomic E-state index is -3.65. The molecule has 2 amide bonds. The number of hydrogen-bond donors (Lipinski definition) is 4. The topological polar surface area (TPSA) is 154 Å². The number of amidine groups is 1. The lowest BCUT2D eigenvalue weighted by atomic mass is 9.59. The molecule has 18 heteroatoms. The number of carbonyl (C=O) groups is 2. The van der Waals surface area contributed by atoms with E-state index < -0.39 is 45.1 Å². The fourth-order valence-corrected chi connectivity index (χ4v) is 12.7. The zero-order valence-corrected chi connectivity index (χ0v) is 40.4. The van der Waals surface area contributed by atoms with E-state index in [1.165, 1.54) is 29.7 Å². The number of carbonyl (C=O) groups excluding carboxylic acids is 2. The first-order valence-corrected chi connectivity index (χ1v) is 24.5. The number of aromatic nitrogens is 4. The molecule has 4 N–H and O–H groups in total. The third-order valence-corrected chi connectivity index (χ3v) is 16.5. The van der Waals surface area contributed by atoms with Gasteiger partial charge in [0.1, 0.15) is 29.8 Å². The predicted octanol–water partition coefficient (Wildman–Crippen LogP) is 8.46. The first-order chi connectivity index (χ1) is 31.4. The summed E-state index contributed by atoms with van der Waals surface area (Å²) >= 11 is 1.36. The third kappa shape index (κ3) is 7.78. The van der Waals surface area contributed by atoms with Crippen LogP contribution < -0.4 is 16.1 Å². The van der Waals surface area contributed by atoms with E-state index in [1.807, 2.05) is 61.9 Å². The Bertz CT molecular complexity index is 2520. The molecular weight excluding hydrogens is 964 g/mol. The summed E-state index contributed by atoms with van der Waals surface area (Å²) in [6.45, 7) is 13.4. The summed E-state index contributed by atoms with van der Waals surface area (Å²) in [5.41, 5.74) is 6.64. The van der Waals surface area contributed by atoms with E-state index in [2.05, 4.69) is 44.8 Å². The van der Waals surface area contributed by atoms with Crippen molar-refractivity contribution in [2.45, 2.75) is 106 Å². The Balaban J connectivity index is 0.843. The van der Waals surface area contributed by atoms with E-state index in [0.717, 1.165) is 54.9 Å². The van der Waals surface area contributed by atoms with Gasteiger partial charge < -0.3 is 30.1 Å². The molecular formula is C48H60F3IN10O4. The lowest BCUT2D eigenvalue weighted by Gasteiger charge is -2.52. The monoisotopic (exact) mass is 1020 g/mol. The number of amides is 2. The second-order valence-corrected chi connectivity index (χ2v) is 22.4. The van der Waals surface area contributed by atoms with Gasteiger partial charge in [-0.25, -0.2) is 42.4 Å². The average molecular weight is 1020 g/mol. The lowest BCUT2D eigenvalue weighted by Crippen LogP contribution is -2.58. The van der Waals surface area contributed by atoms with Gasteiger partial charge in [0.15, 0.2) is 0 Å². The Morgan fingerprint density at radius 3 is 2.65 bits per heavy atom. The number of methoxy groups -OCH3 is 1. The molecule has 1 spiro atoms. The van der Waals surface area contributed by atoms with Gasteiger partial charge in [0.2, 0.25) is 3.68 Å². The predicted molar refractivity (Wildman–Crippen MR) is 253 cm³/mol. The van der Waals surface area contributed by atoms with Crippen LogP contribution in [0.2, 0.25) is 0 Å². The maximum atomic E-state index is 17.1. The molecule has 3 aliphatic carbocycles. The van der Waals surface area contributed by atoms with Crippen molar-refractivity contribution in [3.8, 4) is 0 Å². The Kier molecular flexibility index (Phi) is 11.4. The summed E-state index contributed by atoms with van der Waals surface area (Å²) in [6, 6.07) is 5.72. The van der Waals surface area contributed by atoms with Crippen LogP contribution in [0.15, 0.2) is 65.6 Å². The van der Waals surface area contributed by atoms with Gasteiger partial charge in [-0.05, 0) is 128 Å². The largest absolute Gasteiger partial charge is 0.453 e. The molecule has 4 fully saturated rings. The molecule has 1 aromatic carbocycles. The number of fused-ring (bicyclic) bond motifs is 4. The summed E-state index contributed by atoms with van der Waals surface area (Å²) in [5.74, 6) is -4.21. The molecule has 66 heavy (non-hydrogen) atoms. The van der Waals surface area contributed by atoms with Crippen LogP contribution >= 0.6 is 22.6 Å². The molecule has 7 aliphatic rings. The van der Waals surface area contributed by atoms with Gasteiger partial charge in [-0.3, -0.25) is 10.2 Å². The van der Waals surface area contributed by atoms with Crippen molar-refractivity contribution in [2.24, 2.45) is 40.0 Å². The first kappa shape index (κ1) is 45.2. The number of rotatable bonds is 8. The molecule has 6 heterocycles. The van der Waals surface area contributed by atoms with Crippen molar-refractivity contribution in [3.05, 3.63) is 77.7 Å². The number of nitrogens with one attached hydrogen (secondary N) is 4. The zero-order chi connectivity index (χ0) is 46.5. The summed E-state index contributed by atoms with van der Waals surface area (Å²) in [6.07, 6.45) is 13.0. The van der Waals surface area contributed by atoms with Crippen LogP contribution in [0.25, 0.3) is 16.6 Å². The number of benzene rings is 1. The number of alkyl halides is 4. The molecule has 0 bridgehead atoms. The SMILES string of the molecule is COC(=O)NC1N=C(N2CCCC2CNn2cnc3ccc(C4C=CC5C6CC=C(c7cnc([C@@H]8CC9(CNC9)CN8C(=O)OC(C)(C)C)[nH]7)C=C6C(F)(I)C(F)(F)C5C4)cc32)[C@@H]1C(C)C. The van der Waals surface area contributed by atoms with Crippen molar-refractivity contribution < 1.29 is 32.2 Å². The number of allylic oxidation sites excluding steroid dienone is 6. The third-order valence-electron chi connectivity index (χ3n) is 15.2. The van der Waals surface area contributed by atoms with Gasteiger partial charge in [-0.15, -0.1) is 0 Å². The van der Waals surface area contributed by atoms with Gasteiger partial charge in [0.05, 0.1) is 48.5 Å². The number of ether oxygens (including phenoxy) is 2. The van der Waals surface area contributed by atoms with Gasteiger partial charge in [-0.1, -0.05) is 38.1 Å². The number of imidazole rings is 2. The highest BCUT2D eigenvalue weighted by Crippen LogP contribution is 2.64. The van der Waals surface area contributed by atoms with Crippen molar-refractivity contribution in [1.82, 2.24) is 40.1 Å². The van der Waals surface area contributed by atoms with Crippen LogP contribution in [-0.4, -0.2) is 115 Å². The van der Waals surface area contributed by atoms with E-state index in [-0.39, 0.29) is 53.4 Å². The van der Waals surface area contributed by atoms with Gasteiger partial charge in [0, 0.05) is 49.5 Å². The maximum Gasteiger partial charge on any atom is 0.410 e. The lowest BCUT2D eigenvalue weighted by molar-refractivity contribution is -0.155. The van der Waals surface area contributed by atoms with Gasteiger partial charge >= 0.3 is 12.2 Å². The first-order valence-electron chi connectivity index (χ1n) is 23.4. The minimum absolute atomic E-state index is 0.0620. The van der Waals surface area contributed by atoms with Crippen molar-refractivity contribution >= 4 is 57.2 Å². The van der Waals surface area contributed by atoms with Crippen LogP contribution in [-0.2, 0) is 9.47 Å². The number of aromatic amines is 1. The number of alkyl carbamates (subject to hydrolysis) is 1. The Morgan fingerprint density at radius 2 is 1.92 bits per heavy atom. The normalized spacial score (nSPS) is 32.0. The smallest absolute Gasteiger partial charge is 0.410 e. The number of aliphatic imine (C=N–C) groups is 1.